The second-order valence-electron chi connectivity index (χ2n) is 9.07. The number of rotatable bonds is 5. The molecule has 0 spiro atoms. The molecule has 0 atom stereocenters. The monoisotopic (exact) mass is 469 g/mol. The number of piperidine rings is 1. The van der Waals surface area contributed by atoms with Crippen molar-refractivity contribution in [3.63, 3.8) is 0 Å². The molecule has 2 heterocycles. The first-order valence-corrected chi connectivity index (χ1v) is 12.2. The van der Waals surface area contributed by atoms with E-state index in [9.17, 15) is 4.79 Å². The quantitative estimate of drug-likeness (QED) is 0.330. The molecule has 0 radical (unpaired) electrons. The van der Waals surface area contributed by atoms with Gasteiger partial charge in [0.25, 0.3) is 5.91 Å². The zero-order valence-corrected chi connectivity index (χ0v) is 20.1. The molecule has 4 nitrogen and oxygen atoms in total. The Bertz CT molecular complexity index is 1270. The van der Waals surface area contributed by atoms with Crippen molar-refractivity contribution in [3.8, 4) is 16.9 Å². The third kappa shape index (κ3) is 4.78. The molecule has 0 saturated carbocycles. The Morgan fingerprint density at radius 2 is 1.62 bits per heavy atom. The van der Waals surface area contributed by atoms with E-state index in [-0.39, 0.29) is 5.91 Å². The van der Waals surface area contributed by atoms with Gasteiger partial charge in [0.1, 0.15) is 5.69 Å². The second kappa shape index (κ2) is 9.86. The van der Waals surface area contributed by atoms with Gasteiger partial charge in [-0.1, -0.05) is 77.8 Å². The largest absolute Gasteiger partial charge is 0.337 e. The lowest BCUT2D eigenvalue weighted by Gasteiger charge is -2.32. The van der Waals surface area contributed by atoms with Crippen molar-refractivity contribution >= 4 is 17.5 Å². The van der Waals surface area contributed by atoms with Crippen LogP contribution in [0.4, 0.5) is 0 Å². The number of aromatic nitrogens is 2. The highest BCUT2D eigenvalue weighted by molar-refractivity contribution is 6.33. The lowest BCUT2D eigenvalue weighted by atomic mass is 9.90. The van der Waals surface area contributed by atoms with Gasteiger partial charge in [-0.15, -0.1) is 0 Å². The summed E-state index contributed by atoms with van der Waals surface area (Å²) in [7, 11) is 0. The van der Waals surface area contributed by atoms with Crippen molar-refractivity contribution in [2.75, 3.05) is 13.1 Å². The van der Waals surface area contributed by atoms with Gasteiger partial charge >= 0.3 is 0 Å². The Balaban J connectivity index is 1.40. The number of hydrogen-bond donors (Lipinski definition) is 0. The molecule has 1 aliphatic rings. The van der Waals surface area contributed by atoms with Crippen LogP contribution in [-0.4, -0.2) is 33.7 Å². The maximum Gasteiger partial charge on any atom is 0.272 e. The summed E-state index contributed by atoms with van der Waals surface area (Å²) >= 11 is 6.45. The van der Waals surface area contributed by atoms with Gasteiger partial charge in [-0.2, -0.15) is 5.10 Å². The van der Waals surface area contributed by atoms with Gasteiger partial charge in [0, 0.05) is 18.7 Å². The Hall–Kier alpha value is -3.37. The third-order valence-corrected chi connectivity index (χ3v) is 6.96. The number of aryl methyl sites for hydroxylation is 1. The van der Waals surface area contributed by atoms with E-state index in [4.69, 9.17) is 16.7 Å². The van der Waals surface area contributed by atoms with Gasteiger partial charge in [-0.3, -0.25) is 4.79 Å². The van der Waals surface area contributed by atoms with Crippen molar-refractivity contribution in [3.05, 3.63) is 107 Å². The lowest BCUT2D eigenvalue weighted by molar-refractivity contribution is 0.0681. The lowest BCUT2D eigenvalue weighted by Crippen LogP contribution is -2.39. The molecule has 0 bridgehead atoms. The molecule has 3 aromatic carbocycles. The van der Waals surface area contributed by atoms with E-state index in [2.05, 4.69) is 30.3 Å². The van der Waals surface area contributed by atoms with Crippen LogP contribution in [0, 0.1) is 12.8 Å². The first-order chi connectivity index (χ1) is 16.6. The summed E-state index contributed by atoms with van der Waals surface area (Å²) in [6.07, 6.45) is 3.09. The van der Waals surface area contributed by atoms with E-state index in [1.54, 1.807) is 4.68 Å². The average molecular weight is 470 g/mol. The maximum atomic E-state index is 13.7. The number of hydrogen-bond acceptors (Lipinski definition) is 2. The topological polar surface area (TPSA) is 38.1 Å². The van der Waals surface area contributed by atoms with Crippen LogP contribution in [0.5, 0.6) is 0 Å². The molecule has 5 heteroatoms. The standard InChI is InChI=1S/C29H28ClN3O/c1-21-11-13-24(14-12-21)33-28(20-27(31-33)25-9-5-6-10-26(25)30)29(34)32-17-15-23(16-18-32)19-22-7-3-2-4-8-22/h2-14,20,23H,15-19H2,1H3. The summed E-state index contributed by atoms with van der Waals surface area (Å²) < 4.78 is 1.76. The molecule has 1 aromatic heterocycles. The maximum absolute atomic E-state index is 13.7. The smallest absolute Gasteiger partial charge is 0.272 e. The minimum atomic E-state index is 0.0181. The molecule has 0 N–H and O–H groups in total. The summed E-state index contributed by atoms with van der Waals surface area (Å²) in [6.45, 7) is 3.57. The number of halogens is 1. The zero-order chi connectivity index (χ0) is 23.5. The van der Waals surface area contributed by atoms with Crippen LogP contribution in [-0.2, 0) is 6.42 Å². The van der Waals surface area contributed by atoms with E-state index < -0.39 is 0 Å². The number of carbonyl (C=O) groups excluding carboxylic acids is 1. The minimum absolute atomic E-state index is 0.0181. The number of benzene rings is 3. The summed E-state index contributed by atoms with van der Waals surface area (Å²) in [5, 5.41) is 5.43. The van der Waals surface area contributed by atoms with Crippen molar-refractivity contribution in [1.82, 2.24) is 14.7 Å². The van der Waals surface area contributed by atoms with Crippen LogP contribution in [0.25, 0.3) is 16.9 Å². The van der Waals surface area contributed by atoms with E-state index in [0.717, 1.165) is 49.2 Å². The highest BCUT2D eigenvalue weighted by atomic mass is 35.5. The molecule has 0 aliphatic carbocycles. The first kappa shape index (κ1) is 22.4. The number of likely N-dealkylation sites (tertiary alicyclic amines) is 1. The van der Waals surface area contributed by atoms with Gasteiger partial charge in [-0.25, -0.2) is 4.68 Å². The predicted molar refractivity (Wildman–Crippen MR) is 138 cm³/mol. The van der Waals surface area contributed by atoms with Crippen LogP contribution in [0.1, 0.15) is 34.5 Å². The summed E-state index contributed by atoms with van der Waals surface area (Å²) in [5.74, 6) is 0.622. The SMILES string of the molecule is Cc1ccc(-n2nc(-c3ccccc3Cl)cc2C(=O)N2CCC(Cc3ccccc3)CC2)cc1. The molecule has 4 aromatic rings. The molecular formula is C29H28ClN3O. The molecule has 1 aliphatic heterocycles. The Kier molecular flexibility index (Phi) is 6.50. The first-order valence-electron chi connectivity index (χ1n) is 11.8. The summed E-state index contributed by atoms with van der Waals surface area (Å²) in [4.78, 5) is 15.7. The van der Waals surface area contributed by atoms with Crippen molar-refractivity contribution in [2.45, 2.75) is 26.2 Å². The van der Waals surface area contributed by atoms with E-state index >= 15 is 0 Å². The van der Waals surface area contributed by atoms with Crippen LogP contribution >= 0.6 is 11.6 Å². The Labute approximate surface area is 205 Å². The number of nitrogens with zero attached hydrogens (tertiary/aromatic N) is 3. The van der Waals surface area contributed by atoms with Crippen LogP contribution in [0.3, 0.4) is 0 Å². The number of carbonyl (C=O) groups is 1. The zero-order valence-electron chi connectivity index (χ0n) is 19.3. The van der Waals surface area contributed by atoms with Crippen molar-refractivity contribution < 1.29 is 4.79 Å². The average Bonchev–Trinajstić information content (AvgIpc) is 3.31. The van der Waals surface area contributed by atoms with Crippen molar-refractivity contribution in [1.29, 1.82) is 0 Å². The Morgan fingerprint density at radius 3 is 2.32 bits per heavy atom. The minimum Gasteiger partial charge on any atom is -0.337 e. The van der Waals surface area contributed by atoms with Crippen LogP contribution < -0.4 is 0 Å². The number of amides is 1. The highest BCUT2D eigenvalue weighted by Crippen LogP contribution is 2.30. The van der Waals surface area contributed by atoms with Gasteiger partial charge in [-0.05, 0) is 61.9 Å². The normalized spacial score (nSPS) is 14.4. The van der Waals surface area contributed by atoms with Gasteiger partial charge in [0.15, 0.2) is 0 Å². The third-order valence-electron chi connectivity index (χ3n) is 6.63. The summed E-state index contributed by atoms with van der Waals surface area (Å²) in [6, 6.07) is 28.2. The van der Waals surface area contributed by atoms with Gasteiger partial charge in [0.2, 0.25) is 0 Å². The van der Waals surface area contributed by atoms with Gasteiger partial charge < -0.3 is 4.90 Å². The van der Waals surface area contributed by atoms with E-state index in [1.165, 1.54) is 5.56 Å². The molecule has 5 rings (SSSR count). The fourth-order valence-electron chi connectivity index (χ4n) is 4.67. The van der Waals surface area contributed by atoms with Crippen LogP contribution in [0.15, 0.2) is 84.9 Å². The molecule has 1 fully saturated rings. The van der Waals surface area contributed by atoms with E-state index in [0.29, 0.717) is 22.3 Å². The fourth-order valence-corrected chi connectivity index (χ4v) is 4.90. The van der Waals surface area contributed by atoms with Gasteiger partial charge in [0.05, 0.1) is 16.4 Å². The molecular weight excluding hydrogens is 442 g/mol. The molecule has 1 amide bonds. The summed E-state index contributed by atoms with van der Waals surface area (Å²) in [5.41, 5.74) is 5.50. The molecule has 0 unspecified atom stereocenters. The Morgan fingerprint density at radius 1 is 0.941 bits per heavy atom. The predicted octanol–water partition coefficient (Wildman–Crippen LogP) is 6.60. The van der Waals surface area contributed by atoms with Crippen LogP contribution in [0.2, 0.25) is 5.02 Å². The molecule has 1 saturated heterocycles. The second-order valence-corrected chi connectivity index (χ2v) is 9.47. The van der Waals surface area contributed by atoms with Crippen molar-refractivity contribution in [2.24, 2.45) is 5.92 Å². The molecule has 34 heavy (non-hydrogen) atoms. The van der Waals surface area contributed by atoms with E-state index in [1.807, 2.05) is 66.4 Å². The fraction of sp³-hybridized carbons (Fsp3) is 0.241. The molecule has 172 valence electrons. The highest BCUT2D eigenvalue weighted by Gasteiger charge is 2.27.